The molecule has 0 bridgehead atoms. The molecule has 0 unspecified atom stereocenters. The molecule has 0 amide bonds. The van der Waals surface area contributed by atoms with Gasteiger partial charge in [-0.2, -0.15) is 0 Å². The van der Waals surface area contributed by atoms with Crippen molar-refractivity contribution in [2.45, 2.75) is 23.9 Å². The molecule has 0 spiro atoms. The van der Waals surface area contributed by atoms with E-state index in [9.17, 15) is 0 Å². The van der Waals surface area contributed by atoms with Crippen molar-refractivity contribution in [2.75, 3.05) is 0 Å². The van der Waals surface area contributed by atoms with Crippen LogP contribution < -0.4 is 5.73 Å². The van der Waals surface area contributed by atoms with E-state index in [1.165, 1.54) is 5.56 Å². The van der Waals surface area contributed by atoms with Crippen LogP contribution in [0.15, 0.2) is 46.5 Å². The standard InChI is InChI=1S/C16H16N4S/c1-9-3-6-13-14(7-9)20-16(19-13)21-11-4-5-12(15(17)18)10(2)8-11/h3-8H,1-2H3,(H3,17,18)(H,19,20). The second-order valence-corrected chi connectivity index (χ2v) is 6.12. The van der Waals surface area contributed by atoms with Gasteiger partial charge in [0.1, 0.15) is 5.84 Å². The predicted octanol–water partition coefficient (Wildman–Crippen LogP) is 3.62. The fraction of sp³-hybridized carbons (Fsp3) is 0.125. The highest BCUT2D eigenvalue weighted by molar-refractivity contribution is 7.99. The zero-order chi connectivity index (χ0) is 15.0. The van der Waals surface area contributed by atoms with Crippen LogP contribution in [-0.4, -0.2) is 15.8 Å². The molecule has 4 N–H and O–H groups in total. The van der Waals surface area contributed by atoms with Crippen LogP contribution >= 0.6 is 11.8 Å². The molecule has 0 radical (unpaired) electrons. The molecule has 2 aromatic carbocycles. The highest BCUT2D eigenvalue weighted by Crippen LogP contribution is 2.28. The van der Waals surface area contributed by atoms with Gasteiger partial charge in [-0.3, -0.25) is 5.41 Å². The van der Waals surface area contributed by atoms with E-state index >= 15 is 0 Å². The van der Waals surface area contributed by atoms with Crippen molar-refractivity contribution in [3.63, 3.8) is 0 Å². The Kier molecular flexibility index (Phi) is 3.43. The molecule has 3 rings (SSSR count). The Bertz CT molecular complexity index is 835. The molecule has 4 nitrogen and oxygen atoms in total. The number of imidazole rings is 1. The van der Waals surface area contributed by atoms with Crippen molar-refractivity contribution in [1.82, 2.24) is 9.97 Å². The Morgan fingerprint density at radius 2 is 2.00 bits per heavy atom. The minimum Gasteiger partial charge on any atom is -0.384 e. The third-order valence-electron chi connectivity index (χ3n) is 3.32. The third-order valence-corrected chi connectivity index (χ3v) is 4.19. The Balaban J connectivity index is 1.91. The van der Waals surface area contributed by atoms with Gasteiger partial charge in [-0.25, -0.2) is 4.98 Å². The number of fused-ring (bicyclic) bond motifs is 1. The number of aryl methyl sites for hydroxylation is 2. The maximum Gasteiger partial charge on any atom is 0.171 e. The molecule has 1 aromatic heterocycles. The summed E-state index contributed by atoms with van der Waals surface area (Å²) in [6.07, 6.45) is 0. The van der Waals surface area contributed by atoms with Crippen molar-refractivity contribution >= 4 is 28.6 Å². The van der Waals surface area contributed by atoms with E-state index in [2.05, 4.69) is 29.0 Å². The lowest BCUT2D eigenvalue weighted by atomic mass is 10.1. The van der Waals surface area contributed by atoms with Gasteiger partial charge in [0.25, 0.3) is 0 Å². The van der Waals surface area contributed by atoms with Crippen LogP contribution in [-0.2, 0) is 0 Å². The number of rotatable bonds is 3. The summed E-state index contributed by atoms with van der Waals surface area (Å²) in [7, 11) is 0. The monoisotopic (exact) mass is 296 g/mol. The molecule has 1 heterocycles. The SMILES string of the molecule is Cc1ccc2nc(Sc3ccc(C(=N)N)c(C)c3)[nH]c2c1. The molecule has 0 saturated carbocycles. The van der Waals surface area contributed by atoms with Crippen LogP contribution in [0, 0.1) is 19.3 Å². The first-order valence-corrected chi connectivity index (χ1v) is 7.44. The zero-order valence-electron chi connectivity index (χ0n) is 11.9. The summed E-state index contributed by atoms with van der Waals surface area (Å²) in [6, 6.07) is 12.1. The topological polar surface area (TPSA) is 78.6 Å². The Labute approximate surface area is 127 Å². The molecule has 0 aliphatic rings. The molecule has 3 aromatic rings. The number of hydrogen-bond donors (Lipinski definition) is 3. The first-order chi connectivity index (χ1) is 10.0. The van der Waals surface area contributed by atoms with Crippen molar-refractivity contribution in [3.05, 3.63) is 53.1 Å². The average Bonchev–Trinajstić information content (AvgIpc) is 2.79. The van der Waals surface area contributed by atoms with Crippen LogP contribution in [0.2, 0.25) is 0 Å². The molecule has 0 atom stereocenters. The van der Waals surface area contributed by atoms with E-state index in [-0.39, 0.29) is 5.84 Å². The van der Waals surface area contributed by atoms with Crippen molar-refractivity contribution < 1.29 is 0 Å². The third kappa shape index (κ3) is 2.78. The quantitative estimate of drug-likeness (QED) is 0.510. The van der Waals surface area contributed by atoms with Gasteiger partial charge >= 0.3 is 0 Å². The van der Waals surface area contributed by atoms with E-state index in [1.54, 1.807) is 11.8 Å². The number of nitrogen functional groups attached to an aromatic ring is 1. The average molecular weight is 296 g/mol. The van der Waals surface area contributed by atoms with Gasteiger partial charge < -0.3 is 10.7 Å². The molecule has 0 aliphatic carbocycles. The largest absolute Gasteiger partial charge is 0.384 e. The maximum atomic E-state index is 7.51. The Morgan fingerprint density at radius 1 is 1.19 bits per heavy atom. The van der Waals surface area contributed by atoms with E-state index < -0.39 is 0 Å². The number of H-pyrrole nitrogens is 1. The highest BCUT2D eigenvalue weighted by Gasteiger charge is 2.07. The highest BCUT2D eigenvalue weighted by atomic mass is 32.2. The Morgan fingerprint density at radius 3 is 2.71 bits per heavy atom. The first kappa shape index (κ1) is 13.7. The summed E-state index contributed by atoms with van der Waals surface area (Å²) >= 11 is 1.58. The minimum atomic E-state index is 0.100. The van der Waals surface area contributed by atoms with Crippen molar-refractivity contribution in [3.8, 4) is 0 Å². The number of aromatic amines is 1. The molecule has 106 valence electrons. The summed E-state index contributed by atoms with van der Waals surface area (Å²) in [6.45, 7) is 4.03. The lowest BCUT2D eigenvalue weighted by Gasteiger charge is -2.05. The Hall–Kier alpha value is -2.27. The van der Waals surface area contributed by atoms with Gasteiger partial charge in [-0.1, -0.05) is 17.8 Å². The number of amidine groups is 1. The summed E-state index contributed by atoms with van der Waals surface area (Å²) < 4.78 is 0. The van der Waals surface area contributed by atoms with E-state index in [1.807, 2.05) is 31.2 Å². The number of benzene rings is 2. The number of nitrogens with zero attached hydrogens (tertiary/aromatic N) is 1. The normalized spacial score (nSPS) is 11.0. The van der Waals surface area contributed by atoms with Crippen molar-refractivity contribution in [2.24, 2.45) is 5.73 Å². The van der Waals surface area contributed by atoms with Gasteiger partial charge in [-0.05, 0) is 55.3 Å². The molecular formula is C16H16N4S. The van der Waals surface area contributed by atoms with Crippen LogP contribution in [0.5, 0.6) is 0 Å². The number of nitrogens with two attached hydrogens (primary N) is 1. The van der Waals surface area contributed by atoms with Gasteiger partial charge in [-0.15, -0.1) is 0 Å². The number of nitrogens with one attached hydrogen (secondary N) is 2. The smallest absolute Gasteiger partial charge is 0.171 e. The molecule has 5 heteroatoms. The summed E-state index contributed by atoms with van der Waals surface area (Å²) in [5.41, 5.74) is 10.6. The van der Waals surface area contributed by atoms with Crippen LogP contribution in [0.4, 0.5) is 0 Å². The summed E-state index contributed by atoms with van der Waals surface area (Å²) in [5, 5.41) is 8.38. The van der Waals surface area contributed by atoms with E-state index in [0.717, 1.165) is 32.2 Å². The summed E-state index contributed by atoms with van der Waals surface area (Å²) in [5.74, 6) is 0.100. The van der Waals surface area contributed by atoms with Gasteiger partial charge in [0.05, 0.1) is 11.0 Å². The molecule has 0 fully saturated rings. The molecule has 21 heavy (non-hydrogen) atoms. The van der Waals surface area contributed by atoms with Crippen LogP contribution in [0.3, 0.4) is 0 Å². The predicted molar refractivity (Wildman–Crippen MR) is 87.1 cm³/mol. The second kappa shape index (κ2) is 5.26. The fourth-order valence-corrected chi connectivity index (χ4v) is 3.16. The van der Waals surface area contributed by atoms with Crippen LogP contribution in [0.1, 0.15) is 16.7 Å². The summed E-state index contributed by atoms with van der Waals surface area (Å²) in [4.78, 5) is 8.98. The van der Waals surface area contributed by atoms with Gasteiger partial charge in [0.15, 0.2) is 5.16 Å². The number of aromatic nitrogens is 2. The van der Waals surface area contributed by atoms with Crippen molar-refractivity contribution in [1.29, 1.82) is 5.41 Å². The number of hydrogen-bond acceptors (Lipinski definition) is 3. The lowest BCUT2D eigenvalue weighted by molar-refractivity contribution is 1.08. The van der Waals surface area contributed by atoms with E-state index in [4.69, 9.17) is 11.1 Å². The van der Waals surface area contributed by atoms with Gasteiger partial charge in [0, 0.05) is 10.5 Å². The molecule has 0 saturated heterocycles. The van der Waals surface area contributed by atoms with Gasteiger partial charge in [0.2, 0.25) is 0 Å². The second-order valence-electron chi connectivity index (χ2n) is 5.06. The first-order valence-electron chi connectivity index (χ1n) is 6.62. The lowest BCUT2D eigenvalue weighted by Crippen LogP contribution is -2.12. The fourth-order valence-electron chi connectivity index (χ4n) is 2.26. The molecular weight excluding hydrogens is 280 g/mol. The molecule has 0 aliphatic heterocycles. The van der Waals surface area contributed by atoms with Crippen LogP contribution in [0.25, 0.3) is 11.0 Å². The maximum absolute atomic E-state index is 7.51. The minimum absolute atomic E-state index is 0.100. The zero-order valence-corrected chi connectivity index (χ0v) is 12.7. The van der Waals surface area contributed by atoms with E-state index in [0.29, 0.717) is 0 Å².